The molecule has 0 aliphatic rings. The molecule has 0 spiro atoms. The summed E-state index contributed by atoms with van der Waals surface area (Å²) >= 11 is 0. The summed E-state index contributed by atoms with van der Waals surface area (Å²) in [6, 6.07) is 0. The molecule has 0 saturated carbocycles. The SMILES string of the molecule is C=C(F)C(=C)C(C)CCC(C)C(=C)/C(F)=C(/F)C(=C)O. The molecule has 0 rings (SSSR count). The van der Waals surface area contributed by atoms with E-state index >= 15 is 0 Å². The van der Waals surface area contributed by atoms with E-state index in [1.54, 1.807) is 13.8 Å². The Morgan fingerprint density at radius 1 is 0.850 bits per heavy atom. The normalized spacial score (nSPS) is 15.1. The van der Waals surface area contributed by atoms with Gasteiger partial charge in [-0.2, -0.15) is 4.39 Å². The summed E-state index contributed by atoms with van der Waals surface area (Å²) in [5.74, 6) is -4.65. The Morgan fingerprint density at radius 3 is 1.60 bits per heavy atom. The van der Waals surface area contributed by atoms with Gasteiger partial charge in [0.05, 0.1) is 0 Å². The van der Waals surface area contributed by atoms with Crippen LogP contribution in [0.5, 0.6) is 0 Å². The number of allylic oxidation sites excluding steroid dienone is 5. The standard InChI is InChI=1S/C16H21F3O/c1-9(11(3)13(5)17)7-8-10(2)12(4)15(18)16(19)14(6)20/h9-10,20H,3-8H2,1-2H3/b16-15-. The third-order valence-electron chi connectivity index (χ3n) is 3.30. The fraction of sp³-hybridized carbons (Fsp3) is 0.375. The molecule has 20 heavy (non-hydrogen) atoms. The summed E-state index contributed by atoms with van der Waals surface area (Å²) in [4.78, 5) is 0. The molecule has 0 aliphatic carbocycles. The van der Waals surface area contributed by atoms with Crippen LogP contribution in [0.25, 0.3) is 0 Å². The predicted octanol–water partition coefficient (Wildman–Crippen LogP) is 5.86. The molecular weight excluding hydrogens is 265 g/mol. The maximum atomic E-state index is 13.6. The van der Waals surface area contributed by atoms with Crippen molar-refractivity contribution in [1.29, 1.82) is 0 Å². The monoisotopic (exact) mass is 286 g/mol. The van der Waals surface area contributed by atoms with Crippen LogP contribution in [-0.4, -0.2) is 5.11 Å². The first kappa shape index (κ1) is 18.3. The lowest BCUT2D eigenvalue weighted by molar-refractivity contribution is 0.377. The van der Waals surface area contributed by atoms with Gasteiger partial charge in [0, 0.05) is 0 Å². The number of halogens is 3. The zero-order valence-electron chi connectivity index (χ0n) is 12.0. The first-order valence-electron chi connectivity index (χ1n) is 6.25. The third-order valence-corrected chi connectivity index (χ3v) is 3.30. The molecule has 0 amide bonds. The van der Waals surface area contributed by atoms with Gasteiger partial charge in [0.15, 0.2) is 11.7 Å². The first-order valence-corrected chi connectivity index (χ1v) is 6.25. The highest BCUT2D eigenvalue weighted by Gasteiger charge is 2.19. The van der Waals surface area contributed by atoms with Crippen molar-refractivity contribution in [3.63, 3.8) is 0 Å². The molecule has 0 saturated heterocycles. The van der Waals surface area contributed by atoms with Crippen LogP contribution in [0.2, 0.25) is 0 Å². The van der Waals surface area contributed by atoms with E-state index in [0.29, 0.717) is 18.4 Å². The Kier molecular flexibility index (Phi) is 7.11. The van der Waals surface area contributed by atoms with Crippen LogP contribution in [0.1, 0.15) is 26.7 Å². The average Bonchev–Trinajstić information content (AvgIpc) is 2.40. The van der Waals surface area contributed by atoms with Crippen LogP contribution in [0.4, 0.5) is 13.2 Å². The molecule has 0 aromatic carbocycles. The van der Waals surface area contributed by atoms with E-state index in [-0.39, 0.29) is 17.4 Å². The van der Waals surface area contributed by atoms with Gasteiger partial charge in [0.1, 0.15) is 11.6 Å². The molecule has 0 fully saturated rings. The summed E-state index contributed by atoms with van der Waals surface area (Å²) in [6.45, 7) is 16.6. The van der Waals surface area contributed by atoms with Gasteiger partial charge in [-0.15, -0.1) is 0 Å². The Hall–Kier alpha value is -1.71. The van der Waals surface area contributed by atoms with E-state index in [9.17, 15) is 13.2 Å². The summed E-state index contributed by atoms with van der Waals surface area (Å²) in [7, 11) is 0. The van der Waals surface area contributed by atoms with Crippen LogP contribution >= 0.6 is 0 Å². The van der Waals surface area contributed by atoms with E-state index in [1.807, 2.05) is 0 Å². The molecule has 1 N–H and O–H groups in total. The van der Waals surface area contributed by atoms with Crippen molar-refractivity contribution in [3.8, 4) is 0 Å². The Bertz CT molecular complexity index is 460. The largest absolute Gasteiger partial charge is 0.505 e. The maximum absolute atomic E-state index is 13.6. The summed E-state index contributed by atoms with van der Waals surface area (Å²) in [6.07, 6.45) is 1.02. The Balaban J connectivity index is 4.64. The second-order valence-electron chi connectivity index (χ2n) is 4.91. The highest BCUT2D eigenvalue weighted by Crippen LogP contribution is 2.30. The van der Waals surface area contributed by atoms with E-state index in [1.165, 1.54) is 0 Å². The van der Waals surface area contributed by atoms with Crippen molar-refractivity contribution >= 4 is 0 Å². The van der Waals surface area contributed by atoms with E-state index in [0.717, 1.165) is 0 Å². The molecule has 112 valence electrons. The molecule has 0 bridgehead atoms. The lowest BCUT2D eigenvalue weighted by Crippen LogP contribution is -2.06. The lowest BCUT2D eigenvalue weighted by atomic mass is 9.89. The smallest absolute Gasteiger partial charge is 0.199 e. The minimum Gasteiger partial charge on any atom is -0.505 e. The van der Waals surface area contributed by atoms with Crippen molar-refractivity contribution in [3.05, 3.63) is 60.7 Å². The van der Waals surface area contributed by atoms with Crippen LogP contribution in [0.15, 0.2) is 60.7 Å². The minimum atomic E-state index is -1.41. The highest BCUT2D eigenvalue weighted by atomic mass is 19.2. The van der Waals surface area contributed by atoms with Gasteiger partial charge in [0.25, 0.3) is 0 Å². The predicted molar refractivity (Wildman–Crippen MR) is 77.1 cm³/mol. The van der Waals surface area contributed by atoms with Gasteiger partial charge in [-0.1, -0.05) is 40.2 Å². The number of hydrogen-bond acceptors (Lipinski definition) is 1. The van der Waals surface area contributed by atoms with Crippen molar-refractivity contribution in [2.75, 3.05) is 0 Å². The molecule has 0 heterocycles. The molecule has 0 aromatic rings. The molecule has 2 atom stereocenters. The molecule has 4 heteroatoms. The summed E-state index contributed by atoms with van der Waals surface area (Å²) < 4.78 is 39.7. The lowest BCUT2D eigenvalue weighted by Gasteiger charge is -2.18. The van der Waals surface area contributed by atoms with E-state index in [4.69, 9.17) is 5.11 Å². The number of hydrogen-bond donors (Lipinski definition) is 1. The Labute approximate surface area is 118 Å². The van der Waals surface area contributed by atoms with Crippen LogP contribution in [0.3, 0.4) is 0 Å². The van der Waals surface area contributed by atoms with Gasteiger partial charge in [-0.05, 0) is 35.8 Å². The molecule has 1 nitrogen and oxygen atoms in total. The first-order chi connectivity index (χ1) is 9.09. The minimum absolute atomic E-state index is 0.0606. The van der Waals surface area contributed by atoms with Gasteiger partial charge in [-0.3, -0.25) is 0 Å². The van der Waals surface area contributed by atoms with Gasteiger partial charge < -0.3 is 5.11 Å². The fourth-order valence-electron chi connectivity index (χ4n) is 1.60. The molecular formula is C16H21F3O. The summed E-state index contributed by atoms with van der Waals surface area (Å²) in [5.41, 5.74) is 0.239. The van der Waals surface area contributed by atoms with Crippen molar-refractivity contribution in [1.82, 2.24) is 0 Å². The van der Waals surface area contributed by atoms with E-state index in [2.05, 4.69) is 26.3 Å². The van der Waals surface area contributed by atoms with E-state index < -0.39 is 23.2 Å². The molecule has 2 unspecified atom stereocenters. The van der Waals surface area contributed by atoms with Crippen LogP contribution in [-0.2, 0) is 0 Å². The number of aliphatic hydroxyl groups excluding tert-OH is 1. The zero-order valence-corrected chi connectivity index (χ0v) is 12.0. The second-order valence-corrected chi connectivity index (χ2v) is 4.91. The molecule has 0 aliphatic heterocycles. The second kappa shape index (κ2) is 7.78. The summed E-state index contributed by atoms with van der Waals surface area (Å²) in [5, 5.41) is 8.80. The molecule has 0 aromatic heterocycles. The maximum Gasteiger partial charge on any atom is 0.199 e. The van der Waals surface area contributed by atoms with Crippen molar-refractivity contribution < 1.29 is 18.3 Å². The topological polar surface area (TPSA) is 20.2 Å². The van der Waals surface area contributed by atoms with Gasteiger partial charge in [0.2, 0.25) is 0 Å². The van der Waals surface area contributed by atoms with Gasteiger partial charge in [-0.25, -0.2) is 8.78 Å². The molecule has 0 radical (unpaired) electrons. The van der Waals surface area contributed by atoms with Crippen LogP contribution in [0, 0.1) is 11.8 Å². The van der Waals surface area contributed by atoms with Crippen molar-refractivity contribution in [2.45, 2.75) is 26.7 Å². The van der Waals surface area contributed by atoms with Crippen molar-refractivity contribution in [2.24, 2.45) is 11.8 Å². The number of rotatable bonds is 8. The quantitative estimate of drug-likeness (QED) is 0.438. The highest BCUT2D eigenvalue weighted by molar-refractivity contribution is 5.33. The fourth-order valence-corrected chi connectivity index (χ4v) is 1.60. The van der Waals surface area contributed by atoms with Crippen LogP contribution < -0.4 is 0 Å². The Morgan fingerprint density at radius 2 is 1.25 bits per heavy atom. The third kappa shape index (κ3) is 5.11. The zero-order chi connectivity index (χ0) is 16.0. The number of aliphatic hydroxyl groups is 1. The van der Waals surface area contributed by atoms with Gasteiger partial charge >= 0.3 is 0 Å². The average molecular weight is 286 g/mol.